The van der Waals surface area contributed by atoms with Gasteiger partial charge in [-0.05, 0) is 37.1 Å². The number of nitrogens with one attached hydrogen (secondary N) is 2. The van der Waals surface area contributed by atoms with Crippen molar-refractivity contribution in [3.8, 4) is 11.5 Å². The van der Waals surface area contributed by atoms with E-state index in [4.69, 9.17) is 9.47 Å². The van der Waals surface area contributed by atoms with E-state index >= 15 is 0 Å². The second-order valence-corrected chi connectivity index (χ2v) is 6.05. The van der Waals surface area contributed by atoms with Crippen LogP contribution in [0, 0.1) is 10.1 Å². The first-order valence-corrected chi connectivity index (χ1v) is 9.17. The highest BCUT2D eigenvalue weighted by Gasteiger charge is 2.17. The van der Waals surface area contributed by atoms with Gasteiger partial charge < -0.3 is 20.1 Å². The molecule has 0 atom stereocenters. The maximum atomic E-state index is 12.5. The monoisotopic (exact) mass is 387 g/mol. The summed E-state index contributed by atoms with van der Waals surface area (Å²) in [7, 11) is 1.59. The van der Waals surface area contributed by atoms with Gasteiger partial charge in [-0.25, -0.2) is 0 Å². The zero-order chi connectivity index (χ0) is 20.5. The van der Waals surface area contributed by atoms with E-state index in [0.29, 0.717) is 36.1 Å². The summed E-state index contributed by atoms with van der Waals surface area (Å²) in [4.78, 5) is 23.2. The van der Waals surface area contributed by atoms with Crippen molar-refractivity contribution < 1.29 is 19.2 Å². The van der Waals surface area contributed by atoms with Crippen molar-refractivity contribution in [3.63, 3.8) is 0 Å². The van der Waals surface area contributed by atoms with Gasteiger partial charge in [0.15, 0.2) is 11.5 Å². The van der Waals surface area contributed by atoms with Crippen molar-refractivity contribution >= 4 is 23.0 Å². The summed E-state index contributed by atoms with van der Waals surface area (Å²) in [6.45, 7) is 5.10. The number of hydrogen-bond donors (Lipinski definition) is 2. The molecule has 0 bridgehead atoms. The Morgan fingerprint density at radius 1 is 1.04 bits per heavy atom. The van der Waals surface area contributed by atoms with Crippen molar-refractivity contribution in [2.45, 2.75) is 26.7 Å². The molecule has 2 N–H and O–H groups in total. The fourth-order valence-electron chi connectivity index (χ4n) is 2.48. The summed E-state index contributed by atoms with van der Waals surface area (Å²) >= 11 is 0. The van der Waals surface area contributed by atoms with E-state index in [9.17, 15) is 14.9 Å². The molecule has 0 aliphatic rings. The van der Waals surface area contributed by atoms with Crippen LogP contribution in [0.15, 0.2) is 36.4 Å². The molecule has 0 aromatic heterocycles. The summed E-state index contributed by atoms with van der Waals surface area (Å²) in [5, 5.41) is 16.7. The minimum atomic E-state index is -0.529. The van der Waals surface area contributed by atoms with Crippen LogP contribution in [0.3, 0.4) is 0 Å². The van der Waals surface area contributed by atoms with Gasteiger partial charge in [0.2, 0.25) is 0 Å². The van der Waals surface area contributed by atoms with Crippen molar-refractivity contribution in [1.29, 1.82) is 0 Å². The Bertz CT molecular complexity index is 839. The van der Waals surface area contributed by atoms with Gasteiger partial charge in [-0.2, -0.15) is 0 Å². The molecule has 2 aromatic carbocycles. The number of benzene rings is 2. The Kier molecular flexibility index (Phi) is 7.62. The maximum absolute atomic E-state index is 12.5. The van der Waals surface area contributed by atoms with E-state index in [-0.39, 0.29) is 11.3 Å². The van der Waals surface area contributed by atoms with Crippen molar-refractivity contribution in [2.75, 3.05) is 30.9 Å². The number of carbonyl (C=O) groups excluding carboxylic acids is 1. The first-order chi connectivity index (χ1) is 13.5. The molecule has 0 heterocycles. The maximum Gasteiger partial charge on any atom is 0.293 e. The number of carbonyl (C=O) groups is 1. The smallest absolute Gasteiger partial charge is 0.293 e. The molecule has 0 unspecified atom stereocenters. The highest BCUT2D eigenvalue weighted by atomic mass is 16.6. The molecule has 28 heavy (non-hydrogen) atoms. The van der Waals surface area contributed by atoms with Gasteiger partial charge in [-0.3, -0.25) is 14.9 Å². The summed E-state index contributed by atoms with van der Waals surface area (Å²) in [6.07, 6.45) is 1.71. The molecule has 1 amide bonds. The molecular weight excluding hydrogens is 362 g/mol. The van der Waals surface area contributed by atoms with Crippen molar-refractivity contribution in [3.05, 3.63) is 52.1 Å². The normalized spacial score (nSPS) is 10.2. The zero-order valence-corrected chi connectivity index (χ0v) is 16.3. The van der Waals surface area contributed by atoms with Gasteiger partial charge in [-0.15, -0.1) is 0 Å². The molecule has 8 heteroatoms. The molecule has 150 valence electrons. The lowest BCUT2D eigenvalue weighted by Gasteiger charge is -2.14. The van der Waals surface area contributed by atoms with Crippen LogP contribution >= 0.6 is 0 Å². The lowest BCUT2D eigenvalue weighted by molar-refractivity contribution is -0.384. The van der Waals surface area contributed by atoms with Gasteiger partial charge in [0, 0.05) is 30.4 Å². The molecule has 2 aromatic rings. The third kappa shape index (κ3) is 5.35. The van der Waals surface area contributed by atoms with Crippen molar-refractivity contribution in [2.24, 2.45) is 0 Å². The summed E-state index contributed by atoms with van der Waals surface area (Å²) in [5.74, 6) is 0.710. The number of amides is 1. The lowest BCUT2D eigenvalue weighted by Crippen LogP contribution is -2.13. The summed E-state index contributed by atoms with van der Waals surface area (Å²) < 4.78 is 11.4. The zero-order valence-electron chi connectivity index (χ0n) is 16.3. The van der Waals surface area contributed by atoms with Crippen LogP contribution in [0.2, 0.25) is 0 Å². The minimum absolute atomic E-state index is 0.162. The van der Waals surface area contributed by atoms with E-state index in [2.05, 4.69) is 10.6 Å². The molecule has 0 fully saturated rings. The summed E-state index contributed by atoms with van der Waals surface area (Å²) in [5.41, 5.74) is 0.882. The average Bonchev–Trinajstić information content (AvgIpc) is 2.70. The fourth-order valence-corrected chi connectivity index (χ4v) is 2.48. The Balaban J connectivity index is 2.23. The Morgan fingerprint density at radius 3 is 2.32 bits per heavy atom. The molecule has 0 saturated carbocycles. The molecule has 8 nitrogen and oxygen atoms in total. The van der Waals surface area contributed by atoms with Crippen LogP contribution in [0.1, 0.15) is 37.0 Å². The minimum Gasteiger partial charge on any atom is -0.490 e. The highest BCUT2D eigenvalue weighted by Crippen LogP contribution is 2.31. The second kappa shape index (κ2) is 10.1. The molecule has 2 rings (SSSR count). The summed E-state index contributed by atoms with van der Waals surface area (Å²) in [6, 6.07) is 9.41. The van der Waals surface area contributed by atoms with E-state index in [1.807, 2.05) is 13.8 Å². The number of nitro benzene ring substituents is 1. The van der Waals surface area contributed by atoms with Crippen molar-refractivity contribution in [1.82, 2.24) is 0 Å². The first kappa shape index (κ1) is 21.0. The number of hydrogen-bond acceptors (Lipinski definition) is 6. The molecule has 0 spiro atoms. The van der Waals surface area contributed by atoms with E-state index in [0.717, 1.165) is 12.8 Å². The number of ether oxygens (including phenoxy) is 2. The topological polar surface area (TPSA) is 103 Å². The number of rotatable bonds is 10. The first-order valence-electron chi connectivity index (χ1n) is 9.17. The third-order valence-corrected chi connectivity index (χ3v) is 3.85. The van der Waals surface area contributed by atoms with Gasteiger partial charge >= 0.3 is 0 Å². The molecule has 0 radical (unpaired) electrons. The van der Waals surface area contributed by atoms with E-state index < -0.39 is 10.8 Å². The molecular formula is C20H25N3O5. The molecule has 0 aliphatic carbocycles. The highest BCUT2D eigenvalue weighted by molar-refractivity contribution is 6.05. The fraction of sp³-hybridized carbons (Fsp3) is 0.350. The SMILES string of the molecule is CCCOc1ccc(NC(=O)c2ccc(NC)c([N+](=O)[O-])c2)cc1OCCC. The van der Waals surface area contributed by atoms with Gasteiger partial charge in [0.05, 0.1) is 18.1 Å². The number of nitro groups is 1. The number of anilines is 2. The Hall–Kier alpha value is -3.29. The van der Waals surface area contributed by atoms with E-state index in [1.165, 1.54) is 18.2 Å². The van der Waals surface area contributed by atoms with E-state index in [1.54, 1.807) is 25.2 Å². The van der Waals surface area contributed by atoms with Crippen LogP contribution in [0.5, 0.6) is 11.5 Å². The largest absolute Gasteiger partial charge is 0.490 e. The van der Waals surface area contributed by atoms with Crippen LogP contribution in [-0.4, -0.2) is 31.1 Å². The molecule has 0 aliphatic heterocycles. The lowest BCUT2D eigenvalue weighted by atomic mass is 10.1. The van der Waals surface area contributed by atoms with Crippen LogP contribution < -0.4 is 20.1 Å². The van der Waals surface area contributed by atoms with Crippen LogP contribution in [0.4, 0.5) is 17.1 Å². The Labute approximate surface area is 164 Å². The van der Waals surface area contributed by atoms with Crippen LogP contribution in [-0.2, 0) is 0 Å². The van der Waals surface area contributed by atoms with Gasteiger partial charge in [0.1, 0.15) is 5.69 Å². The van der Waals surface area contributed by atoms with Crippen LogP contribution in [0.25, 0.3) is 0 Å². The number of nitrogens with zero attached hydrogens (tertiary/aromatic N) is 1. The standard InChI is InChI=1S/C20H25N3O5/c1-4-10-27-18-9-7-15(13-19(18)28-11-5-2)22-20(24)14-6-8-16(21-3)17(12-14)23(25)26/h6-9,12-13,21H,4-5,10-11H2,1-3H3,(H,22,24). The third-order valence-electron chi connectivity index (χ3n) is 3.85. The average molecular weight is 387 g/mol. The van der Waals surface area contributed by atoms with Gasteiger partial charge in [0.25, 0.3) is 11.6 Å². The quantitative estimate of drug-likeness (QED) is 0.461. The molecule has 0 saturated heterocycles. The second-order valence-electron chi connectivity index (χ2n) is 6.05. The Morgan fingerprint density at radius 2 is 1.71 bits per heavy atom. The predicted molar refractivity (Wildman–Crippen MR) is 109 cm³/mol. The van der Waals surface area contributed by atoms with Gasteiger partial charge in [-0.1, -0.05) is 13.8 Å². The predicted octanol–water partition coefficient (Wildman–Crippen LogP) is 4.47.